The molecule has 1 aromatic heterocycles. The van der Waals surface area contributed by atoms with E-state index in [1.165, 1.54) is 0 Å². The van der Waals surface area contributed by atoms with Crippen molar-refractivity contribution in [3.05, 3.63) is 40.3 Å². The highest BCUT2D eigenvalue weighted by Gasteiger charge is 2.22. The number of nitrogens with one attached hydrogen (secondary N) is 1. The molecule has 174 valence electrons. The van der Waals surface area contributed by atoms with Gasteiger partial charge in [0, 0.05) is 69.9 Å². The number of ether oxygens (including phenoxy) is 1. The number of carbonyl (C=O) groups excluding carboxylic acids is 2. The standard InChI is InChI=1S/C22H28Cl2N4O4/c1-31-12-2-7-25-20(29)15-27-8-10-28(11-9-27)22(30)6-5-21-26-14-19(32-21)17-4-3-16(23)13-18(17)24/h3-4,13-14H,2,5-12,15H2,1H3,(H,25,29). The number of aromatic nitrogens is 1. The number of piperazine rings is 1. The summed E-state index contributed by atoms with van der Waals surface area (Å²) in [6, 6.07) is 5.16. The van der Waals surface area contributed by atoms with Crippen molar-refractivity contribution >= 4 is 35.0 Å². The van der Waals surface area contributed by atoms with E-state index in [9.17, 15) is 9.59 Å². The third-order valence-corrected chi connectivity index (χ3v) is 5.79. The third kappa shape index (κ3) is 7.20. The van der Waals surface area contributed by atoms with Crippen LogP contribution in [0.25, 0.3) is 11.3 Å². The van der Waals surface area contributed by atoms with Gasteiger partial charge in [0.1, 0.15) is 0 Å². The molecule has 2 amide bonds. The van der Waals surface area contributed by atoms with E-state index in [0.717, 1.165) is 6.42 Å². The second-order valence-electron chi connectivity index (χ2n) is 7.60. The number of nitrogens with zero attached hydrogens (tertiary/aromatic N) is 3. The van der Waals surface area contributed by atoms with E-state index in [1.807, 2.05) is 4.90 Å². The Morgan fingerprint density at radius 3 is 2.72 bits per heavy atom. The van der Waals surface area contributed by atoms with E-state index < -0.39 is 0 Å². The molecule has 8 nitrogen and oxygen atoms in total. The summed E-state index contributed by atoms with van der Waals surface area (Å²) < 4.78 is 10.7. The molecule has 32 heavy (non-hydrogen) atoms. The molecule has 0 spiro atoms. The Morgan fingerprint density at radius 2 is 2.00 bits per heavy atom. The molecule has 1 aliphatic heterocycles. The van der Waals surface area contributed by atoms with Crippen molar-refractivity contribution in [3.8, 4) is 11.3 Å². The van der Waals surface area contributed by atoms with E-state index >= 15 is 0 Å². The van der Waals surface area contributed by atoms with Crippen LogP contribution in [-0.4, -0.2) is 79.6 Å². The van der Waals surface area contributed by atoms with Gasteiger partial charge in [-0.05, 0) is 24.6 Å². The summed E-state index contributed by atoms with van der Waals surface area (Å²) in [5.74, 6) is 1.09. The number of benzene rings is 1. The molecule has 2 aromatic rings. The van der Waals surface area contributed by atoms with Gasteiger partial charge in [-0.15, -0.1) is 0 Å². The number of hydrogen-bond donors (Lipinski definition) is 1. The molecule has 1 N–H and O–H groups in total. The van der Waals surface area contributed by atoms with Crippen molar-refractivity contribution in [1.29, 1.82) is 0 Å². The lowest BCUT2D eigenvalue weighted by Gasteiger charge is -2.34. The molecular formula is C22H28Cl2N4O4. The Kier molecular flexibility index (Phi) is 9.35. The van der Waals surface area contributed by atoms with E-state index in [0.29, 0.717) is 86.0 Å². The topological polar surface area (TPSA) is 87.9 Å². The van der Waals surface area contributed by atoms with Gasteiger partial charge >= 0.3 is 0 Å². The van der Waals surface area contributed by atoms with Crippen LogP contribution in [0.1, 0.15) is 18.7 Å². The summed E-state index contributed by atoms with van der Waals surface area (Å²) in [6.45, 7) is 4.15. The highest BCUT2D eigenvalue weighted by molar-refractivity contribution is 6.36. The summed E-state index contributed by atoms with van der Waals surface area (Å²) in [5, 5.41) is 3.92. The number of amides is 2. The fourth-order valence-electron chi connectivity index (χ4n) is 3.47. The first-order valence-corrected chi connectivity index (χ1v) is 11.4. The van der Waals surface area contributed by atoms with Crippen LogP contribution in [0.3, 0.4) is 0 Å². The van der Waals surface area contributed by atoms with Crippen LogP contribution >= 0.6 is 23.2 Å². The number of hydrogen-bond acceptors (Lipinski definition) is 6. The normalized spacial score (nSPS) is 14.5. The number of carbonyl (C=O) groups is 2. The Labute approximate surface area is 197 Å². The Hall–Kier alpha value is -2.13. The SMILES string of the molecule is COCCCNC(=O)CN1CCN(C(=O)CCc2ncc(-c3ccc(Cl)cc3Cl)o2)CC1. The predicted octanol–water partition coefficient (Wildman–Crippen LogP) is 2.88. The number of aryl methyl sites for hydroxylation is 1. The first kappa shape index (κ1) is 24.5. The van der Waals surface area contributed by atoms with E-state index in [2.05, 4.69) is 15.2 Å². The van der Waals surface area contributed by atoms with Crippen LogP contribution in [0.5, 0.6) is 0 Å². The van der Waals surface area contributed by atoms with Crippen LogP contribution in [-0.2, 0) is 20.7 Å². The van der Waals surface area contributed by atoms with Gasteiger partial charge in [0.05, 0.1) is 17.8 Å². The summed E-state index contributed by atoms with van der Waals surface area (Å²) in [5.41, 5.74) is 0.708. The van der Waals surface area contributed by atoms with Crippen molar-refractivity contribution in [3.63, 3.8) is 0 Å². The molecular weight excluding hydrogens is 455 g/mol. The van der Waals surface area contributed by atoms with Crippen LogP contribution in [0.4, 0.5) is 0 Å². The lowest BCUT2D eigenvalue weighted by molar-refractivity contribution is -0.133. The van der Waals surface area contributed by atoms with E-state index in [1.54, 1.807) is 31.5 Å². The van der Waals surface area contributed by atoms with Crippen LogP contribution in [0.15, 0.2) is 28.8 Å². The predicted molar refractivity (Wildman–Crippen MR) is 123 cm³/mol. The molecule has 0 bridgehead atoms. The Bertz CT molecular complexity index is 913. The van der Waals surface area contributed by atoms with Crippen molar-refractivity contribution in [2.45, 2.75) is 19.3 Å². The Morgan fingerprint density at radius 1 is 1.22 bits per heavy atom. The van der Waals surface area contributed by atoms with Crippen molar-refractivity contribution in [2.75, 3.05) is 53.0 Å². The summed E-state index contributed by atoms with van der Waals surface area (Å²) >= 11 is 12.1. The molecule has 0 saturated carbocycles. The average Bonchev–Trinajstić information content (AvgIpc) is 3.24. The van der Waals surface area contributed by atoms with Gasteiger partial charge in [-0.25, -0.2) is 4.98 Å². The minimum atomic E-state index is 0.00127. The highest BCUT2D eigenvalue weighted by atomic mass is 35.5. The van der Waals surface area contributed by atoms with Gasteiger partial charge in [-0.1, -0.05) is 23.2 Å². The zero-order valence-corrected chi connectivity index (χ0v) is 19.6. The van der Waals surface area contributed by atoms with E-state index in [4.69, 9.17) is 32.4 Å². The fraction of sp³-hybridized carbons (Fsp3) is 0.500. The largest absolute Gasteiger partial charge is 0.441 e. The quantitative estimate of drug-likeness (QED) is 0.523. The monoisotopic (exact) mass is 482 g/mol. The van der Waals surface area contributed by atoms with Gasteiger partial charge < -0.3 is 19.4 Å². The van der Waals surface area contributed by atoms with Crippen LogP contribution in [0.2, 0.25) is 10.0 Å². The number of oxazole rings is 1. The molecule has 1 saturated heterocycles. The first-order chi connectivity index (χ1) is 15.5. The van der Waals surface area contributed by atoms with Crippen molar-refractivity contribution in [1.82, 2.24) is 20.1 Å². The van der Waals surface area contributed by atoms with Crippen molar-refractivity contribution < 1.29 is 18.7 Å². The molecule has 0 atom stereocenters. The second-order valence-corrected chi connectivity index (χ2v) is 8.44. The summed E-state index contributed by atoms with van der Waals surface area (Å²) in [4.78, 5) is 32.7. The molecule has 0 unspecified atom stereocenters. The average molecular weight is 483 g/mol. The highest BCUT2D eigenvalue weighted by Crippen LogP contribution is 2.30. The van der Waals surface area contributed by atoms with Gasteiger partial charge in [-0.2, -0.15) is 0 Å². The third-order valence-electron chi connectivity index (χ3n) is 5.24. The number of halogens is 2. The van der Waals surface area contributed by atoms with Gasteiger partial charge in [0.15, 0.2) is 11.7 Å². The zero-order valence-electron chi connectivity index (χ0n) is 18.1. The van der Waals surface area contributed by atoms with Crippen molar-refractivity contribution in [2.24, 2.45) is 0 Å². The summed E-state index contributed by atoms with van der Waals surface area (Å²) in [6.07, 6.45) is 3.12. The van der Waals surface area contributed by atoms with E-state index in [-0.39, 0.29) is 11.8 Å². The Balaban J connectivity index is 1.39. The lowest BCUT2D eigenvalue weighted by Crippen LogP contribution is -2.51. The molecule has 0 radical (unpaired) electrons. The first-order valence-electron chi connectivity index (χ1n) is 10.6. The minimum absolute atomic E-state index is 0.00127. The lowest BCUT2D eigenvalue weighted by atomic mass is 10.2. The van der Waals surface area contributed by atoms with Crippen LogP contribution in [0, 0.1) is 0 Å². The molecule has 0 aliphatic carbocycles. The van der Waals surface area contributed by atoms with Gasteiger partial charge in [-0.3, -0.25) is 14.5 Å². The van der Waals surface area contributed by atoms with Gasteiger partial charge in [0.2, 0.25) is 11.8 Å². The summed E-state index contributed by atoms with van der Waals surface area (Å²) in [7, 11) is 1.64. The smallest absolute Gasteiger partial charge is 0.234 e. The molecule has 1 fully saturated rings. The molecule has 2 heterocycles. The number of methoxy groups -OCH3 is 1. The maximum absolute atomic E-state index is 12.6. The molecule has 1 aromatic carbocycles. The van der Waals surface area contributed by atoms with Crippen LogP contribution < -0.4 is 5.32 Å². The maximum atomic E-state index is 12.6. The number of rotatable bonds is 10. The second kappa shape index (κ2) is 12.2. The minimum Gasteiger partial charge on any atom is -0.441 e. The van der Waals surface area contributed by atoms with Gasteiger partial charge in [0.25, 0.3) is 0 Å². The molecule has 1 aliphatic rings. The zero-order chi connectivity index (χ0) is 22.9. The molecule has 10 heteroatoms. The maximum Gasteiger partial charge on any atom is 0.234 e. The molecule has 3 rings (SSSR count). The fourth-order valence-corrected chi connectivity index (χ4v) is 3.97.